The summed E-state index contributed by atoms with van der Waals surface area (Å²) >= 11 is 7.35. The van der Waals surface area contributed by atoms with Gasteiger partial charge in [0.2, 0.25) is 0 Å². The number of hydrogen-bond acceptors (Lipinski definition) is 8. The van der Waals surface area contributed by atoms with Crippen LogP contribution >= 0.6 is 22.9 Å². The van der Waals surface area contributed by atoms with Crippen LogP contribution in [0.25, 0.3) is 11.0 Å². The third kappa shape index (κ3) is 5.77. The van der Waals surface area contributed by atoms with Gasteiger partial charge >= 0.3 is 6.03 Å². The first-order valence-electron chi connectivity index (χ1n) is 12.6. The van der Waals surface area contributed by atoms with Crippen LogP contribution in [0.5, 0.6) is 0 Å². The summed E-state index contributed by atoms with van der Waals surface area (Å²) in [6.45, 7) is 2.21. The quantitative estimate of drug-likeness (QED) is 0.490. The molecule has 4 amide bonds. The normalized spacial score (nSPS) is 19.4. The second-order valence-electron chi connectivity index (χ2n) is 10.1. The highest BCUT2D eigenvalue weighted by atomic mass is 35.5. The Bertz CT molecular complexity index is 1500. The molecule has 1 saturated heterocycles. The number of benzene rings is 1. The molecule has 2 atom stereocenters. The van der Waals surface area contributed by atoms with Gasteiger partial charge < -0.3 is 29.8 Å². The fourth-order valence-electron chi connectivity index (χ4n) is 4.86. The topological polar surface area (TPSA) is 128 Å². The number of fused-ring (bicyclic) bond motifs is 2. The lowest BCUT2D eigenvalue weighted by Crippen LogP contribution is -2.62. The molecule has 5 rings (SSSR count). The first kappa shape index (κ1) is 27.1. The number of rotatable bonds is 4. The lowest BCUT2D eigenvalue weighted by Gasteiger charge is -2.39. The number of amides is 4. The molecule has 1 fully saturated rings. The molecule has 13 heteroatoms. The van der Waals surface area contributed by atoms with E-state index in [1.165, 1.54) is 28.4 Å². The molecular formula is C26H29ClN6O5S. The van der Waals surface area contributed by atoms with Gasteiger partial charge in [-0.2, -0.15) is 0 Å². The molecule has 0 bridgehead atoms. The molecule has 206 valence electrons. The number of halogens is 1. The van der Waals surface area contributed by atoms with E-state index in [0.717, 1.165) is 36.1 Å². The van der Waals surface area contributed by atoms with Crippen molar-refractivity contribution in [2.75, 3.05) is 40.8 Å². The number of likely N-dealkylation sites (tertiary alicyclic amines) is 1. The highest BCUT2D eigenvalue weighted by Crippen LogP contribution is 2.25. The largest absolute Gasteiger partial charge is 0.451 e. The zero-order valence-corrected chi connectivity index (χ0v) is 23.4. The summed E-state index contributed by atoms with van der Waals surface area (Å²) in [6.07, 6.45) is 1.18. The lowest BCUT2D eigenvalue weighted by molar-refractivity contribution is 0.0803. The summed E-state index contributed by atoms with van der Waals surface area (Å²) in [6, 6.07) is 4.44. The Balaban J connectivity index is 1.36. The summed E-state index contributed by atoms with van der Waals surface area (Å²) in [4.78, 5) is 62.6. The molecule has 0 spiro atoms. The van der Waals surface area contributed by atoms with Gasteiger partial charge in [-0.25, -0.2) is 9.78 Å². The van der Waals surface area contributed by atoms with E-state index in [4.69, 9.17) is 16.0 Å². The van der Waals surface area contributed by atoms with Crippen molar-refractivity contribution >= 4 is 51.8 Å². The van der Waals surface area contributed by atoms with Crippen molar-refractivity contribution in [1.29, 1.82) is 0 Å². The van der Waals surface area contributed by atoms with Crippen molar-refractivity contribution in [3.8, 4) is 0 Å². The number of nitrogens with zero attached hydrogens (tertiary/aromatic N) is 4. The van der Waals surface area contributed by atoms with Crippen LogP contribution in [0.2, 0.25) is 5.02 Å². The van der Waals surface area contributed by atoms with Gasteiger partial charge in [-0.3, -0.25) is 14.4 Å². The summed E-state index contributed by atoms with van der Waals surface area (Å²) in [5.74, 6) is -1.09. The highest BCUT2D eigenvalue weighted by molar-refractivity contribution is 7.13. The van der Waals surface area contributed by atoms with Crippen molar-refractivity contribution in [2.24, 2.45) is 0 Å². The minimum atomic E-state index is -0.590. The Labute approximate surface area is 233 Å². The highest BCUT2D eigenvalue weighted by Gasteiger charge is 2.35. The second kappa shape index (κ2) is 10.9. The summed E-state index contributed by atoms with van der Waals surface area (Å²) in [5, 5.41) is 6.91. The molecule has 2 N–H and O–H groups in total. The van der Waals surface area contributed by atoms with Crippen LogP contribution in [-0.4, -0.2) is 90.4 Å². The molecule has 4 heterocycles. The molecule has 1 aromatic carbocycles. The predicted octanol–water partition coefficient (Wildman–Crippen LogP) is 2.18. The Morgan fingerprint density at radius 3 is 2.67 bits per heavy atom. The Kier molecular flexibility index (Phi) is 7.61. The zero-order valence-electron chi connectivity index (χ0n) is 21.8. The lowest BCUT2D eigenvalue weighted by atomic mass is 9.98. The minimum absolute atomic E-state index is 0.150. The van der Waals surface area contributed by atoms with Gasteiger partial charge in [0, 0.05) is 62.7 Å². The van der Waals surface area contributed by atoms with Crippen LogP contribution in [0.15, 0.2) is 33.5 Å². The third-order valence-corrected chi connectivity index (χ3v) is 8.24. The van der Waals surface area contributed by atoms with Gasteiger partial charge in [-0.1, -0.05) is 11.6 Å². The van der Waals surface area contributed by atoms with E-state index in [9.17, 15) is 19.2 Å². The summed E-state index contributed by atoms with van der Waals surface area (Å²) in [5.41, 5.74) is 0.791. The van der Waals surface area contributed by atoms with E-state index in [1.807, 2.05) is 7.05 Å². The van der Waals surface area contributed by atoms with Crippen molar-refractivity contribution < 1.29 is 18.8 Å². The fourth-order valence-corrected chi connectivity index (χ4v) is 6.12. The fraction of sp³-hybridized carbons (Fsp3) is 0.423. The Morgan fingerprint density at radius 1 is 1.13 bits per heavy atom. The van der Waals surface area contributed by atoms with E-state index in [2.05, 4.69) is 20.5 Å². The second-order valence-corrected chi connectivity index (χ2v) is 11.6. The molecule has 0 radical (unpaired) electrons. The van der Waals surface area contributed by atoms with Crippen LogP contribution in [0.4, 0.5) is 4.79 Å². The van der Waals surface area contributed by atoms with Crippen LogP contribution in [0.3, 0.4) is 0 Å². The van der Waals surface area contributed by atoms with Crippen LogP contribution in [-0.2, 0) is 13.0 Å². The molecule has 0 aliphatic carbocycles. The number of urea groups is 1. The van der Waals surface area contributed by atoms with Crippen LogP contribution in [0.1, 0.15) is 37.3 Å². The maximum Gasteiger partial charge on any atom is 0.319 e. The van der Waals surface area contributed by atoms with Gasteiger partial charge in [-0.05, 0) is 31.7 Å². The van der Waals surface area contributed by atoms with Crippen molar-refractivity contribution in [1.82, 2.24) is 30.3 Å². The summed E-state index contributed by atoms with van der Waals surface area (Å²) in [7, 11) is 5.35. The van der Waals surface area contributed by atoms with E-state index in [0.29, 0.717) is 23.0 Å². The number of carbonyl (C=O) groups excluding carboxylic acids is 3. The molecule has 39 heavy (non-hydrogen) atoms. The van der Waals surface area contributed by atoms with Gasteiger partial charge in [0.1, 0.15) is 5.58 Å². The number of piperidine rings is 1. The van der Waals surface area contributed by atoms with Crippen LogP contribution in [0, 0.1) is 0 Å². The SMILES string of the molecule is CN1CCc2nc(C(=O)N[C@@H]3CN(C(=O)N(C)C)CC[C@@H]3NC(=O)c3cc(=O)c4cc(Cl)ccc4o3)sc2C1. The molecule has 11 nitrogen and oxygen atoms in total. The minimum Gasteiger partial charge on any atom is -0.451 e. The first-order chi connectivity index (χ1) is 18.6. The van der Waals surface area contributed by atoms with Crippen molar-refractivity contribution in [2.45, 2.75) is 31.5 Å². The van der Waals surface area contributed by atoms with Gasteiger partial charge in [0.05, 0.1) is 23.2 Å². The maximum absolute atomic E-state index is 13.3. The molecule has 0 unspecified atom stereocenters. The molecule has 2 aromatic heterocycles. The molecule has 2 aliphatic heterocycles. The maximum atomic E-state index is 13.3. The number of nitrogens with one attached hydrogen (secondary N) is 2. The molecular weight excluding hydrogens is 544 g/mol. The van der Waals surface area contributed by atoms with E-state index < -0.39 is 23.4 Å². The van der Waals surface area contributed by atoms with E-state index in [-0.39, 0.29) is 35.2 Å². The molecule has 3 aromatic rings. The zero-order chi connectivity index (χ0) is 27.8. The monoisotopic (exact) mass is 572 g/mol. The smallest absolute Gasteiger partial charge is 0.319 e. The van der Waals surface area contributed by atoms with Crippen LogP contribution < -0.4 is 16.1 Å². The number of aromatic nitrogens is 1. The van der Waals surface area contributed by atoms with Gasteiger partial charge in [0.15, 0.2) is 16.2 Å². The van der Waals surface area contributed by atoms with Crippen molar-refractivity contribution in [3.63, 3.8) is 0 Å². The predicted molar refractivity (Wildman–Crippen MR) is 147 cm³/mol. The van der Waals surface area contributed by atoms with Gasteiger partial charge in [-0.15, -0.1) is 11.3 Å². The Morgan fingerprint density at radius 2 is 1.90 bits per heavy atom. The standard InChI is InChI=1S/C26H29ClN6O5S/c1-31(2)26(37)33-9-7-16(28-23(35)21-11-19(34)15-10-14(27)4-5-20(15)38-21)18(12-33)29-24(36)25-30-17-6-8-32(3)13-22(17)39-25/h4-5,10-11,16,18H,6-9,12-13H2,1-3H3,(H,28,35)(H,29,36)/t16-,18+/m0/s1. The average molecular weight is 573 g/mol. The molecule has 2 aliphatic rings. The number of thiazole rings is 1. The molecule has 0 saturated carbocycles. The third-order valence-electron chi connectivity index (χ3n) is 6.93. The number of carbonyl (C=O) groups is 3. The Hall–Kier alpha value is -3.48. The van der Waals surface area contributed by atoms with Gasteiger partial charge in [0.25, 0.3) is 11.8 Å². The number of hydrogen-bond donors (Lipinski definition) is 2. The number of likely N-dealkylation sites (N-methyl/N-ethyl adjacent to an activating group) is 1. The average Bonchev–Trinajstić information content (AvgIpc) is 3.33. The summed E-state index contributed by atoms with van der Waals surface area (Å²) < 4.78 is 5.69. The van der Waals surface area contributed by atoms with E-state index >= 15 is 0 Å². The van der Waals surface area contributed by atoms with Crippen molar-refractivity contribution in [3.05, 3.63) is 60.9 Å². The van der Waals surface area contributed by atoms with E-state index in [1.54, 1.807) is 25.1 Å². The first-order valence-corrected chi connectivity index (χ1v) is 13.8.